The summed E-state index contributed by atoms with van der Waals surface area (Å²) in [5.41, 5.74) is -3.35. The Bertz CT molecular complexity index is 7040. The van der Waals surface area contributed by atoms with E-state index in [0.29, 0.717) is 18.2 Å². The second-order valence-corrected chi connectivity index (χ2v) is 33.6. The van der Waals surface area contributed by atoms with Crippen LogP contribution in [0.3, 0.4) is 0 Å². The van der Waals surface area contributed by atoms with Crippen molar-refractivity contribution in [3.8, 4) is 11.4 Å². The number of hydrogen-bond acceptors (Lipinski definition) is 26. The van der Waals surface area contributed by atoms with Crippen molar-refractivity contribution in [1.82, 2.24) is 30.0 Å². The van der Waals surface area contributed by atoms with E-state index in [0.717, 1.165) is 101 Å². The molecule has 0 amide bonds. The fraction of sp³-hybridized carbons (Fsp3) is 0. The van der Waals surface area contributed by atoms with E-state index < -0.39 is 143 Å². The third kappa shape index (κ3) is 19.8. The van der Waals surface area contributed by atoms with Crippen LogP contribution in [0.25, 0.3) is 79.3 Å². The van der Waals surface area contributed by atoms with Crippen molar-refractivity contribution in [3.05, 3.63) is 208 Å². The molecular weight excluding hydrogens is 1670 g/mol. The predicted octanol–water partition coefficient (Wildman–Crippen LogP) is 8.03. The van der Waals surface area contributed by atoms with E-state index in [1.807, 2.05) is 0 Å². The molecule has 0 saturated carbocycles. The fourth-order valence-corrected chi connectivity index (χ4v) is 16.0. The van der Waals surface area contributed by atoms with Gasteiger partial charge in [-0.1, -0.05) is 64.4 Å². The van der Waals surface area contributed by atoms with Gasteiger partial charge in [0.05, 0.1) is 21.2 Å². The van der Waals surface area contributed by atoms with Crippen LogP contribution in [0, 0.1) is 15.6 Å². The molecule has 12 rings (SSSR count). The Morgan fingerprint density at radius 1 is 0.315 bits per heavy atom. The average Bonchev–Trinajstić information content (AvgIpc) is 1.62. The van der Waals surface area contributed by atoms with Gasteiger partial charge in [0.25, 0.3) is 76.5 Å². The molecule has 0 fully saturated rings. The van der Waals surface area contributed by atoms with Gasteiger partial charge in [-0.15, -0.1) is 20.4 Å². The summed E-state index contributed by atoms with van der Waals surface area (Å²) < 4.78 is 278. The molecule has 10 aromatic carbocycles. The molecule has 111 heavy (non-hydrogen) atoms. The number of rotatable bonds is 20. The second-order valence-electron chi connectivity index (χ2n) is 22.4. The van der Waals surface area contributed by atoms with Crippen LogP contribution in [-0.2, 0) is 80.9 Å². The molecule has 0 aliphatic rings. The zero-order valence-electron chi connectivity index (χ0n) is 56.4. The molecule has 4 radical (unpaired) electrons. The van der Waals surface area contributed by atoms with Crippen LogP contribution >= 0.6 is 0 Å². The van der Waals surface area contributed by atoms with Gasteiger partial charge < -0.3 is 15.6 Å². The Hall–Kier alpha value is -7.52. The average molecular weight is 1710 g/mol. The van der Waals surface area contributed by atoms with Gasteiger partial charge >= 0.3 is 10.1 Å². The Kier molecular flexibility index (Phi) is 26.6. The maximum atomic E-state index is 13.6. The van der Waals surface area contributed by atoms with E-state index >= 15 is 0 Å². The molecule has 39 nitrogen and oxygen atoms in total. The number of nitrogens with zero attached hydrogens (tertiary/aromatic N) is 12. The topological polar surface area (TPSA) is 612 Å². The van der Waals surface area contributed by atoms with Crippen molar-refractivity contribution in [3.63, 3.8) is 0 Å². The van der Waals surface area contributed by atoms with Crippen LogP contribution in [-0.4, -0.2) is 267 Å². The molecule has 554 valence electrons. The van der Waals surface area contributed by atoms with Crippen molar-refractivity contribution in [2.75, 3.05) is 0 Å². The first-order chi connectivity index (χ1) is 49.8. The standard InChI is InChI=1S/C60H40N12O27S8.4Na/c73-70(41-15-11-39(12-16-41)68-63-50-22-19-45-47(59(50)66-68)29-43(100(76,77)78)31-55(45)104(88,89)90)61-37-9-7-35(53(27-37)102(82,83)84)5-6-36-8-10-38(28-54(36)103(85,86)87)62-72(75)52-24-4-34(26-58(52)107(97,98)99)2-1-33-3-21-49(57(25-33)106(94,95)96)65-71(74)42-17-13-40(14-18-42)69-64-51-23-20-46-48(60(51)67-69)30-44(101(79,80)81)32-56(46)105(91,92)93;;;;/h1-32H,(H,76,77,78)(H,79,80,81)(H,82,83,84)(H,85,86,87)(H,88,89,90)(H,91,92,93)(H,94,95,96)(H,97,98,99);;;;/b2-1+,6-5+,70-61?,71-65?,72-62?;;;;. The van der Waals surface area contributed by atoms with Crippen molar-refractivity contribution in [2.45, 2.75) is 39.2 Å². The Labute approximate surface area is 714 Å². The number of hydrogen-bond donors (Lipinski definition) is 8. The summed E-state index contributed by atoms with van der Waals surface area (Å²) in [7, 11) is -41.0. The monoisotopic (exact) mass is 1710 g/mol. The first kappa shape index (κ1) is 89.0. The molecule has 2 aromatic heterocycles. The maximum absolute atomic E-state index is 13.6. The van der Waals surface area contributed by atoms with Gasteiger partial charge in [-0.3, -0.25) is 36.4 Å². The molecule has 0 saturated heterocycles. The summed E-state index contributed by atoms with van der Waals surface area (Å²) in [6, 6.07) is 29.3. The summed E-state index contributed by atoms with van der Waals surface area (Å²) in [5, 5.41) is 68.0. The van der Waals surface area contributed by atoms with Crippen molar-refractivity contribution in [1.29, 1.82) is 0 Å². The van der Waals surface area contributed by atoms with Crippen LogP contribution < -0.4 is 0 Å². The summed E-state index contributed by atoms with van der Waals surface area (Å²) >= 11 is 0. The van der Waals surface area contributed by atoms with Crippen LogP contribution in [0.15, 0.2) is 224 Å². The summed E-state index contributed by atoms with van der Waals surface area (Å²) in [6.07, 6.45) is 4.23. The van der Waals surface area contributed by atoms with E-state index in [9.17, 15) is 119 Å². The summed E-state index contributed by atoms with van der Waals surface area (Å²) in [4.78, 5) is -5.59. The summed E-state index contributed by atoms with van der Waals surface area (Å²) in [5.74, 6) is 0. The quantitative estimate of drug-likeness (QED) is 0.00893. The van der Waals surface area contributed by atoms with E-state index in [-0.39, 0.29) is 222 Å². The Morgan fingerprint density at radius 2 is 0.676 bits per heavy atom. The molecule has 0 aliphatic carbocycles. The van der Waals surface area contributed by atoms with Gasteiger partial charge in [-0.05, 0) is 136 Å². The Balaban J connectivity index is 0.00000387. The zero-order chi connectivity index (χ0) is 77.6. The largest absolute Gasteiger partial charge is 0.594 e. The second kappa shape index (κ2) is 33.1. The summed E-state index contributed by atoms with van der Waals surface area (Å²) in [6.45, 7) is 0. The van der Waals surface area contributed by atoms with Crippen LogP contribution in [0.4, 0.5) is 34.1 Å². The molecule has 0 aliphatic heterocycles. The third-order valence-electron chi connectivity index (χ3n) is 15.4. The third-order valence-corrected chi connectivity index (χ3v) is 22.4. The van der Waals surface area contributed by atoms with Gasteiger partial charge in [-0.2, -0.15) is 76.9 Å². The molecule has 51 heteroatoms. The molecule has 0 unspecified atom stereocenters. The van der Waals surface area contributed by atoms with Gasteiger partial charge in [-0.25, -0.2) is 0 Å². The van der Waals surface area contributed by atoms with Crippen LogP contribution in [0.5, 0.6) is 0 Å². The minimum Gasteiger partial charge on any atom is -0.594 e. The van der Waals surface area contributed by atoms with Crippen molar-refractivity contribution < 1.29 is 118 Å². The molecule has 0 bridgehead atoms. The first-order valence-electron chi connectivity index (χ1n) is 28.9. The van der Waals surface area contributed by atoms with Crippen LogP contribution in [0.1, 0.15) is 22.3 Å². The zero-order valence-corrected chi connectivity index (χ0v) is 71.0. The normalized spacial score (nSPS) is 13.2. The van der Waals surface area contributed by atoms with Gasteiger partial charge in [0.1, 0.15) is 57.9 Å². The molecular formula is C60H40N12Na4O27S8. The van der Waals surface area contributed by atoms with Crippen molar-refractivity contribution >= 4 is 301 Å². The predicted molar refractivity (Wildman–Crippen MR) is 394 cm³/mol. The first-order valence-corrected chi connectivity index (χ1v) is 40.5. The van der Waals surface area contributed by atoms with E-state index in [1.54, 1.807) is 0 Å². The van der Waals surface area contributed by atoms with Gasteiger partial charge in [0, 0.05) is 185 Å². The number of azo groups is 3. The van der Waals surface area contributed by atoms with Crippen molar-refractivity contribution in [2.24, 2.45) is 15.3 Å². The molecule has 8 N–H and O–H groups in total. The molecule has 2 heterocycles. The SMILES string of the molecule is O=S(=O)(O)c1cc(S(=O)(=O)O)c2ccc3nn(-c4ccc([N+]([O-])=Nc5ccc(/C=C/c6ccc(N=[N+]([O-])c7ccc(/C=C/c8ccc(N=[N+]([O-])c9ccc(-n%10nc%11ccc%12c(S(=O)(=O)O)cc(S(=O)(=O)O)cc%12c%11n%10)cc9)c(S(=O)(=O)O)c8)cc7S(=O)(=O)O)cc6S(=O)(=O)O)c(S(=O)(=O)O)c5)cc4)nc3c2c1.[Na].[Na].[Na].[Na]. The van der Waals surface area contributed by atoms with Gasteiger partial charge in [0.2, 0.25) is 11.4 Å². The van der Waals surface area contributed by atoms with Crippen LogP contribution in [0.2, 0.25) is 0 Å². The molecule has 0 spiro atoms. The minimum absolute atomic E-state index is 0. The molecule has 0 atom stereocenters. The van der Waals surface area contributed by atoms with E-state index in [1.165, 1.54) is 84.9 Å². The van der Waals surface area contributed by atoms with E-state index in [2.05, 4.69) is 35.7 Å². The number of aromatic nitrogens is 6. The number of fused-ring (bicyclic) bond motifs is 6. The maximum Gasteiger partial charge on any atom is 0.301 e. The molecule has 12 aromatic rings. The Morgan fingerprint density at radius 3 is 1.05 bits per heavy atom. The number of benzene rings is 10. The fourth-order valence-electron chi connectivity index (χ4n) is 10.6. The van der Waals surface area contributed by atoms with Gasteiger partial charge in [0.15, 0.2) is 10.6 Å². The van der Waals surface area contributed by atoms with E-state index in [4.69, 9.17) is 0 Å². The minimum atomic E-state index is -5.33. The smallest absolute Gasteiger partial charge is 0.301 e.